The summed E-state index contributed by atoms with van der Waals surface area (Å²) < 4.78 is 0. The van der Waals surface area contributed by atoms with Gasteiger partial charge >= 0.3 is 0 Å². The van der Waals surface area contributed by atoms with Crippen LogP contribution in [0, 0.1) is 0 Å². The van der Waals surface area contributed by atoms with Crippen LogP contribution in [0.5, 0.6) is 0 Å². The van der Waals surface area contributed by atoms with Crippen LogP contribution in [0.4, 0.5) is 0 Å². The van der Waals surface area contributed by atoms with Gasteiger partial charge in [-0.2, -0.15) is 0 Å². The van der Waals surface area contributed by atoms with Crippen molar-refractivity contribution in [3.05, 3.63) is 0 Å². The van der Waals surface area contributed by atoms with Gasteiger partial charge in [-0.05, 0) is 0 Å². The Morgan fingerprint density at radius 1 is 0.571 bits per heavy atom. The molecule has 0 saturated carbocycles. The Labute approximate surface area is 51.4 Å². The zero-order valence-electron chi connectivity index (χ0n) is 6.00. The molecule has 0 heteroatoms. The van der Waals surface area contributed by atoms with Crippen molar-refractivity contribution in [3.63, 3.8) is 0 Å². The van der Waals surface area contributed by atoms with E-state index >= 15 is 0 Å². The van der Waals surface area contributed by atoms with Gasteiger partial charge in [-0.25, -0.2) is 0 Å². The van der Waals surface area contributed by atoms with Crippen molar-refractivity contribution >= 4 is 0 Å². The van der Waals surface area contributed by atoms with Crippen molar-refractivity contribution < 1.29 is 1.43 Å². The Hall–Kier alpha value is 0. The molecule has 0 aromatic rings. The van der Waals surface area contributed by atoms with Gasteiger partial charge in [0.25, 0.3) is 0 Å². The van der Waals surface area contributed by atoms with Crippen LogP contribution in [0.2, 0.25) is 0 Å². The van der Waals surface area contributed by atoms with Gasteiger partial charge in [-0.1, -0.05) is 49.0 Å². The fourth-order valence-corrected chi connectivity index (χ4v) is 0. The smallest absolute Gasteiger partial charge is 0 e. The van der Waals surface area contributed by atoms with Gasteiger partial charge in [0.1, 0.15) is 0 Å². The van der Waals surface area contributed by atoms with Crippen LogP contribution in [-0.4, -0.2) is 0 Å². The van der Waals surface area contributed by atoms with Gasteiger partial charge in [-0.15, -0.1) is 0 Å². The number of rotatable bonds is 0. The first kappa shape index (κ1) is 28.0. The van der Waals surface area contributed by atoms with Gasteiger partial charge in [0, 0.05) is 1.43 Å². The predicted octanol–water partition coefficient (Wildman–Crippen LogP) is 3.96. The average Bonchev–Trinajstić information content (AvgIpc) is 1.81. The molecule has 0 aliphatic heterocycles. The van der Waals surface area contributed by atoms with Crippen LogP contribution in [0.1, 0.15) is 50.4 Å². The summed E-state index contributed by atoms with van der Waals surface area (Å²) in [6.45, 7) is 12.0. The fraction of sp³-hybridized carbons (Fsp3) is 1.00. The molecule has 0 radical (unpaired) electrons. The monoisotopic (exact) mass is 109 g/mol. The van der Waals surface area contributed by atoms with Crippen LogP contribution >= 0.6 is 0 Å². The second-order valence-corrected chi connectivity index (χ2v) is 0. The number of hydrogen-bond donors (Lipinski definition) is 0. The first-order valence-electron chi connectivity index (χ1n) is 3.00. The molecule has 0 fully saturated rings. The molecule has 7 heavy (non-hydrogen) atoms. The summed E-state index contributed by atoms with van der Waals surface area (Å²) in [5, 5.41) is 0. The maximum absolute atomic E-state index is 2.00. The lowest BCUT2D eigenvalue weighted by Crippen LogP contribution is -0.856. The maximum atomic E-state index is 2.00. The third-order valence-electron chi connectivity index (χ3n) is 0. The normalized spacial score (nSPS) is 2.57. The van der Waals surface area contributed by atoms with E-state index in [1.807, 2.05) is 41.5 Å². The SMILES string of the molecule is C.CC.CC.CC.[2HH]. The molecule has 0 nitrogen and oxygen atoms in total. The lowest BCUT2D eigenvalue weighted by Gasteiger charge is -1.07. The summed E-state index contributed by atoms with van der Waals surface area (Å²) in [7, 11) is 0. The van der Waals surface area contributed by atoms with E-state index in [-0.39, 0.29) is 8.85 Å². The zero-order chi connectivity index (χ0) is 6.00. The summed E-state index contributed by atoms with van der Waals surface area (Å²) >= 11 is 0. The Morgan fingerprint density at radius 3 is 0.571 bits per heavy atom. The summed E-state index contributed by atoms with van der Waals surface area (Å²) in [5.74, 6) is 0. The molecule has 0 rings (SSSR count). The summed E-state index contributed by atoms with van der Waals surface area (Å²) in [6, 6.07) is 0. The van der Waals surface area contributed by atoms with Crippen LogP contribution in [-0.2, 0) is 0 Å². The van der Waals surface area contributed by atoms with Crippen molar-refractivity contribution in [1.29, 1.82) is 0 Å². The molecule has 0 aromatic carbocycles. The number of hydrogen-bond acceptors (Lipinski definition) is 0. The molecule has 0 heterocycles. The van der Waals surface area contributed by atoms with Crippen molar-refractivity contribution in [1.82, 2.24) is 0 Å². The van der Waals surface area contributed by atoms with E-state index in [0.29, 0.717) is 0 Å². The Bertz CT molecular complexity index is 4.35. The summed E-state index contributed by atoms with van der Waals surface area (Å²) in [4.78, 5) is 0. The minimum atomic E-state index is 0. The third-order valence-corrected chi connectivity index (χ3v) is 0. The first-order valence-corrected chi connectivity index (χ1v) is 3.00. The molecule has 0 aliphatic carbocycles. The molecule has 0 amide bonds. The fourth-order valence-electron chi connectivity index (χ4n) is 0. The van der Waals surface area contributed by atoms with Gasteiger partial charge < -0.3 is 0 Å². The molecule has 0 saturated heterocycles. The van der Waals surface area contributed by atoms with Gasteiger partial charge in [-0.3, -0.25) is 0 Å². The zero-order valence-corrected chi connectivity index (χ0v) is 6.00. The highest BCUT2D eigenvalue weighted by Crippen LogP contribution is 1.15. The second kappa shape index (κ2) is 0. The standard InChI is InChI=1S/3C2H6.CH4.H2/c3*1-2;;/h3*1-2H3;1H4;1H/i;;;;1+1. The molecule has 0 bridgehead atoms. The van der Waals surface area contributed by atoms with Gasteiger partial charge in [0.2, 0.25) is 0 Å². The van der Waals surface area contributed by atoms with Gasteiger partial charge in [0.05, 0.1) is 0 Å². The quantitative estimate of drug-likeness (QED) is 0.441. The van der Waals surface area contributed by atoms with E-state index in [4.69, 9.17) is 0 Å². The van der Waals surface area contributed by atoms with Gasteiger partial charge in [0.15, 0.2) is 0 Å². The van der Waals surface area contributed by atoms with E-state index in [2.05, 4.69) is 0 Å². The Kier molecular flexibility index (Phi) is 0. The lowest BCUT2D eigenvalue weighted by molar-refractivity contribution is 1.50. The van der Waals surface area contributed by atoms with E-state index in [0.717, 1.165) is 0 Å². The molecular formula is C7H24. The molecular weight excluding hydrogens is 84.1 g/mol. The second-order valence-electron chi connectivity index (χ2n) is 0. The van der Waals surface area contributed by atoms with Crippen LogP contribution in [0.25, 0.3) is 0 Å². The van der Waals surface area contributed by atoms with E-state index in [1.165, 1.54) is 0 Å². The van der Waals surface area contributed by atoms with E-state index in [1.54, 1.807) is 0 Å². The minimum absolute atomic E-state index is 0. The average molecular weight is 109 g/mol. The maximum Gasteiger partial charge on any atom is 0 e. The molecule has 0 atom stereocenters. The predicted molar refractivity (Wildman–Crippen MR) is 42.9 cm³/mol. The highest BCUT2D eigenvalue weighted by Gasteiger charge is 0.936. The molecule has 0 unspecified atom stereocenters. The largest absolute Gasteiger partial charge is 0.0776 e. The molecule has 52 valence electrons. The van der Waals surface area contributed by atoms with Crippen molar-refractivity contribution in [2.24, 2.45) is 0 Å². The van der Waals surface area contributed by atoms with E-state index in [9.17, 15) is 0 Å². The molecule has 0 aromatic heterocycles. The topological polar surface area (TPSA) is 0 Å². The Balaban J connectivity index is -0.00000000500. The highest BCUT2D eigenvalue weighted by molar-refractivity contribution is 3.51. The molecule has 0 N–H and O–H groups in total. The van der Waals surface area contributed by atoms with Crippen LogP contribution in [0.15, 0.2) is 0 Å². The Morgan fingerprint density at radius 2 is 0.571 bits per heavy atom. The summed E-state index contributed by atoms with van der Waals surface area (Å²) in [5.41, 5.74) is 0. The minimum Gasteiger partial charge on any atom is -0.0776 e. The highest BCUT2D eigenvalue weighted by atomic mass is 13.0. The lowest BCUT2D eigenvalue weighted by atomic mass is 11.0. The summed E-state index contributed by atoms with van der Waals surface area (Å²) in [6.07, 6.45) is 0. The van der Waals surface area contributed by atoms with Crippen LogP contribution < -0.4 is 0 Å². The molecule has 0 spiro atoms. The molecule has 0 aliphatic rings. The van der Waals surface area contributed by atoms with Crippen molar-refractivity contribution in [2.45, 2.75) is 49.0 Å². The van der Waals surface area contributed by atoms with Crippen molar-refractivity contribution in [3.8, 4) is 0 Å². The van der Waals surface area contributed by atoms with Crippen LogP contribution in [0.3, 0.4) is 0 Å². The first-order chi connectivity index (χ1) is 3.00. The van der Waals surface area contributed by atoms with E-state index < -0.39 is 0 Å². The van der Waals surface area contributed by atoms with Crippen molar-refractivity contribution in [2.75, 3.05) is 0 Å². The third kappa shape index (κ3) is 0.